The molecule has 1 heterocycles. The number of aryl methyl sites for hydroxylation is 1. The average Bonchev–Trinajstić information content (AvgIpc) is 2.91. The van der Waals surface area contributed by atoms with Crippen molar-refractivity contribution in [2.45, 2.75) is 46.0 Å². The summed E-state index contributed by atoms with van der Waals surface area (Å²) in [7, 11) is 0. The maximum absolute atomic E-state index is 12.6. The van der Waals surface area contributed by atoms with Gasteiger partial charge in [-0.2, -0.15) is 5.10 Å². The van der Waals surface area contributed by atoms with Gasteiger partial charge < -0.3 is 5.32 Å². The van der Waals surface area contributed by atoms with Crippen molar-refractivity contribution in [2.75, 3.05) is 6.54 Å². The van der Waals surface area contributed by atoms with Gasteiger partial charge in [0.15, 0.2) is 0 Å². The van der Waals surface area contributed by atoms with Crippen molar-refractivity contribution in [1.82, 2.24) is 15.1 Å². The largest absolute Gasteiger partial charge is 0.352 e. The van der Waals surface area contributed by atoms with E-state index in [1.54, 1.807) is 0 Å². The van der Waals surface area contributed by atoms with E-state index in [-0.39, 0.29) is 5.91 Å². The molecular weight excluding hydrogens is 298 g/mol. The van der Waals surface area contributed by atoms with E-state index in [0.717, 1.165) is 23.5 Å². The van der Waals surface area contributed by atoms with Crippen LogP contribution >= 0.6 is 0 Å². The third kappa shape index (κ3) is 3.58. The molecule has 0 radical (unpaired) electrons. The molecule has 1 aromatic carbocycles. The third-order valence-electron chi connectivity index (χ3n) is 4.64. The van der Waals surface area contributed by atoms with Gasteiger partial charge in [0.2, 0.25) is 0 Å². The summed E-state index contributed by atoms with van der Waals surface area (Å²) < 4.78 is 1.84. The van der Waals surface area contributed by atoms with Gasteiger partial charge in [0.05, 0.1) is 22.6 Å². The highest BCUT2D eigenvalue weighted by Crippen LogP contribution is 2.20. The van der Waals surface area contributed by atoms with Crippen LogP contribution in [0, 0.1) is 13.8 Å². The molecule has 1 aliphatic carbocycles. The zero-order valence-electron chi connectivity index (χ0n) is 14.5. The Bertz CT molecular complexity index is 744. The lowest BCUT2D eigenvalue weighted by Gasteiger charge is -2.13. The predicted molar refractivity (Wildman–Crippen MR) is 96.5 cm³/mol. The van der Waals surface area contributed by atoms with Crippen LogP contribution in [0.1, 0.15) is 53.8 Å². The smallest absolute Gasteiger partial charge is 0.255 e. The van der Waals surface area contributed by atoms with E-state index in [2.05, 4.69) is 16.5 Å². The molecule has 1 aromatic heterocycles. The summed E-state index contributed by atoms with van der Waals surface area (Å²) in [4.78, 5) is 12.6. The van der Waals surface area contributed by atoms with Gasteiger partial charge in [0, 0.05) is 6.54 Å². The number of aromatic nitrogens is 2. The lowest BCUT2D eigenvalue weighted by Crippen LogP contribution is -2.26. The van der Waals surface area contributed by atoms with Crippen LogP contribution in [0.15, 0.2) is 42.0 Å². The number of carbonyl (C=O) groups is 1. The highest BCUT2D eigenvalue weighted by atomic mass is 16.1. The van der Waals surface area contributed by atoms with Gasteiger partial charge in [-0.1, -0.05) is 29.8 Å². The van der Waals surface area contributed by atoms with Crippen molar-refractivity contribution in [3.05, 3.63) is 58.9 Å². The zero-order valence-corrected chi connectivity index (χ0v) is 14.5. The molecule has 0 saturated carbocycles. The number of nitrogens with zero attached hydrogens (tertiary/aromatic N) is 2. The summed E-state index contributed by atoms with van der Waals surface area (Å²) in [6.07, 6.45) is 8.23. The minimum absolute atomic E-state index is 0.0245. The second-order valence-electron chi connectivity index (χ2n) is 6.41. The van der Waals surface area contributed by atoms with E-state index in [1.807, 2.05) is 48.9 Å². The van der Waals surface area contributed by atoms with Crippen LogP contribution in [-0.2, 0) is 0 Å². The Balaban J connectivity index is 1.69. The fraction of sp³-hybridized carbons (Fsp3) is 0.400. The molecule has 1 amide bonds. The Morgan fingerprint density at radius 2 is 2.00 bits per heavy atom. The quantitative estimate of drug-likeness (QED) is 0.842. The van der Waals surface area contributed by atoms with E-state index in [1.165, 1.54) is 31.3 Å². The van der Waals surface area contributed by atoms with Gasteiger partial charge in [-0.3, -0.25) is 4.79 Å². The monoisotopic (exact) mass is 323 g/mol. The average molecular weight is 323 g/mol. The Morgan fingerprint density at radius 3 is 2.71 bits per heavy atom. The number of rotatable bonds is 5. The van der Waals surface area contributed by atoms with E-state index >= 15 is 0 Å². The number of hydrogen-bond donors (Lipinski definition) is 1. The number of carbonyl (C=O) groups excluding carboxylic acids is 1. The van der Waals surface area contributed by atoms with E-state index in [9.17, 15) is 4.79 Å². The van der Waals surface area contributed by atoms with Gasteiger partial charge in [-0.25, -0.2) is 4.68 Å². The molecule has 0 fully saturated rings. The Morgan fingerprint density at radius 1 is 1.21 bits per heavy atom. The molecule has 0 unspecified atom stereocenters. The van der Waals surface area contributed by atoms with Crippen molar-refractivity contribution < 1.29 is 4.79 Å². The van der Waals surface area contributed by atoms with Gasteiger partial charge in [-0.05, 0) is 58.1 Å². The van der Waals surface area contributed by atoms with E-state index in [4.69, 9.17) is 0 Å². The highest BCUT2D eigenvalue weighted by Gasteiger charge is 2.19. The van der Waals surface area contributed by atoms with Crippen molar-refractivity contribution in [2.24, 2.45) is 0 Å². The van der Waals surface area contributed by atoms with Gasteiger partial charge >= 0.3 is 0 Å². The minimum atomic E-state index is -0.0245. The fourth-order valence-corrected chi connectivity index (χ4v) is 3.35. The highest BCUT2D eigenvalue weighted by molar-refractivity contribution is 5.96. The second-order valence-corrected chi connectivity index (χ2v) is 6.41. The molecule has 126 valence electrons. The normalized spacial score (nSPS) is 14.3. The molecule has 1 aliphatic rings. The number of benzene rings is 1. The van der Waals surface area contributed by atoms with Crippen molar-refractivity contribution >= 4 is 5.91 Å². The standard InChI is InChI=1S/C20H25N3O/c1-15-19(16(2)23(22-15)18-11-7-4-8-12-18)20(24)21-14-13-17-9-5-3-6-10-17/h4,7-9,11-12H,3,5-6,10,13-14H2,1-2H3,(H,21,24). The second kappa shape index (κ2) is 7.47. The van der Waals surface area contributed by atoms with E-state index in [0.29, 0.717) is 12.1 Å². The van der Waals surface area contributed by atoms with E-state index < -0.39 is 0 Å². The molecule has 2 aromatic rings. The predicted octanol–water partition coefficient (Wildman–Crippen LogP) is 4.11. The summed E-state index contributed by atoms with van der Waals surface area (Å²) >= 11 is 0. The SMILES string of the molecule is Cc1nn(-c2ccccc2)c(C)c1C(=O)NCCC1=CCCCC1. The van der Waals surface area contributed by atoms with Gasteiger partial charge in [-0.15, -0.1) is 0 Å². The van der Waals surface area contributed by atoms with Crippen molar-refractivity contribution in [1.29, 1.82) is 0 Å². The first-order valence-corrected chi connectivity index (χ1v) is 8.74. The summed E-state index contributed by atoms with van der Waals surface area (Å²) in [5.41, 5.74) is 4.80. The molecule has 0 spiro atoms. The number of amides is 1. The fourth-order valence-electron chi connectivity index (χ4n) is 3.35. The van der Waals surface area contributed by atoms with Crippen LogP contribution in [0.25, 0.3) is 5.69 Å². The number of hydrogen-bond acceptors (Lipinski definition) is 2. The number of para-hydroxylation sites is 1. The zero-order chi connectivity index (χ0) is 16.9. The first-order valence-electron chi connectivity index (χ1n) is 8.74. The molecular formula is C20H25N3O. The molecule has 3 rings (SSSR count). The van der Waals surface area contributed by atoms with Crippen LogP contribution in [0.3, 0.4) is 0 Å². The minimum Gasteiger partial charge on any atom is -0.352 e. The topological polar surface area (TPSA) is 46.9 Å². The molecule has 24 heavy (non-hydrogen) atoms. The first kappa shape index (κ1) is 16.5. The van der Waals surface area contributed by atoms with Crippen LogP contribution in [0.2, 0.25) is 0 Å². The van der Waals surface area contributed by atoms with Crippen LogP contribution in [0.5, 0.6) is 0 Å². The number of nitrogens with one attached hydrogen (secondary N) is 1. The van der Waals surface area contributed by atoms with Gasteiger partial charge in [0.1, 0.15) is 0 Å². The first-order chi connectivity index (χ1) is 11.7. The maximum atomic E-state index is 12.6. The Hall–Kier alpha value is -2.36. The van der Waals surface area contributed by atoms with Crippen molar-refractivity contribution in [3.8, 4) is 5.69 Å². The van der Waals surface area contributed by atoms with Crippen LogP contribution in [0.4, 0.5) is 0 Å². The molecule has 0 aliphatic heterocycles. The lowest BCUT2D eigenvalue weighted by molar-refractivity contribution is 0.0953. The molecule has 4 heteroatoms. The Labute approximate surface area is 143 Å². The summed E-state index contributed by atoms with van der Waals surface area (Å²) in [6, 6.07) is 9.92. The van der Waals surface area contributed by atoms with Crippen molar-refractivity contribution in [3.63, 3.8) is 0 Å². The molecule has 0 bridgehead atoms. The number of allylic oxidation sites excluding steroid dienone is 1. The molecule has 4 nitrogen and oxygen atoms in total. The van der Waals surface area contributed by atoms with Gasteiger partial charge in [0.25, 0.3) is 5.91 Å². The van der Waals surface area contributed by atoms with Crippen LogP contribution < -0.4 is 5.32 Å². The Kier molecular flexibility index (Phi) is 5.14. The molecule has 1 N–H and O–H groups in total. The van der Waals surface area contributed by atoms with Crippen LogP contribution in [-0.4, -0.2) is 22.2 Å². The summed E-state index contributed by atoms with van der Waals surface area (Å²) in [5, 5.41) is 7.60. The summed E-state index contributed by atoms with van der Waals surface area (Å²) in [6.45, 7) is 4.54. The lowest BCUT2D eigenvalue weighted by atomic mass is 9.97. The molecule has 0 atom stereocenters. The molecule has 0 saturated heterocycles. The maximum Gasteiger partial charge on any atom is 0.255 e. The summed E-state index contributed by atoms with van der Waals surface area (Å²) in [5.74, 6) is -0.0245. The third-order valence-corrected chi connectivity index (χ3v) is 4.64.